The van der Waals surface area contributed by atoms with Crippen molar-refractivity contribution >= 4 is 36.4 Å². The molecule has 0 spiro atoms. The summed E-state index contributed by atoms with van der Waals surface area (Å²) in [5.74, 6) is -0.000989. The molecule has 22 heavy (non-hydrogen) atoms. The topological polar surface area (TPSA) is 35.6 Å². The Morgan fingerprint density at radius 2 is 1.73 bits per heavy atom. The van der Waals surface area contributed by atoms with Crippen LogP contribution in [0.25, 0.3) is 0 Å². The normalized spacial score (nSPS) is 15.6. The summed E-state index contributed by atoms with van der Waals surface area (Å²) in [4.78, 5) is 16.3. The molecule has 0 bridgehead atoms. The lowest BCUT2D eigenvalue weighted by Crippen LogP contribution is -2.51. The number of benzene rings is 1. The van der Waals surface area contributed by atoms with Crippen molar-refractivity contribution in [2.75, 3.05) is 44.7 Å². The molecule has 1 aromatic rings. The highest BCUT2D eigenvalue weighted by molar-refractivity contribution is 5.85. The van der Waals surface area contributed by atoms with Crippen molar-refractivity contribution in [3.8, 4) is 0 Å². The van der Waals surface area contributed by atoms with Crippen LogP contribution in [-0.2, 0) is 4.79 Å². The van der Waals surface area contributed by atoms with Gasteiger partial charge in [-0.1, -0.05) is 6.92 Å². The Morgan fingerprint density at radius 1 is 1.18 bits per heavy atom. The smallest absolute Gasteiger partial charge is 0.226 e. The number of hydrogen-bond acceptors (Lipinski definition) is 3. The molecule has 4 nitrogen and oxygen atoms in total. The summed E-state index contributed by atoms with van der Waals surface area (Å²) in [6, 6.07) is 6.52. The van der Waals surface area contributed by atoms with Crippen LogP contribution in [0.4, 0.5) is 10.1 Å². The van der Waals surface area contributed by atoms with Crippen molar-refractivity contribution in [3.63, 3.8) is 0 Å². The van der Waals surface area contributed by atoms with Gasteiger partial charge in [0.1, 0.15) is 5.82 Å². The van der Waals surface area contributed by atoms with Gasteiger partial charge in [0.15, 0.2) is 0 Å². The summed E-state index contributed by atoms with van der Waals surface area (Å²) in [7, 11) is 1.86. The molecule has 1 amide bonds. The fourth-order valence-corrected chi connectivity index (χ4v) is 2.54. The predicted octanol–water partition coefficient (Wildman–Crippen LogP) is 2.17. The molecule has 1 atom stereocenters. The molecule has 0 aromatic heterocycles. The molecular weight excluding hydrogens is 328 g/mol. The molecule has 1 aromatic carbocycles. The van der Waals surface area contributed by atoms with Crippen molar-refractivity contribution in [2.24, 2.45) is 5.92 Å². The molecule has 0 aliphatic carbocycles. The molecule has 1 heterocycles. The Bertz CT molecular complexity index is 451. The lowest BCUT2D eigenvalue weighted by Gasteiger charge is -2.37. The van der Waals surface area contributed by atoms with Crippen molar-refractivity contribution in [2.45, 2.75) is 6.92 Å². The molecule has 1 aliphatic rings. The third-order valence-electron chi connectivity index (χ3n) is 3.71. The quantitative estimate of drug-likeness (QED) is 0.902. The molecule has 2 rings (SSSR count). The number of carbonyl (C=O) groups is 1. The van der Waals surface area contributed by atoms with Gasteiger partial charge in [0.05, 0.1) is 0 Å². The third-order valence-corrected chi connectivity index (χ3v) is 3.71. The third kappa shape index (κ3) is 5.30. The van der Waals surface area contributed by atoms with Gasteiger partial charge in [0.25, 0.3) is 0 Å². The summed E-state index contributed by atoms with van der Waals surface area (Å²) in [6.07, 6.45) is 0. The Labute approximate surface area is 143 Å². The minimum atomic E-state index is -0.219. The van der Waals surface area contributed by atoms with Gasteiger partial charge in [-0.3, -0.25) is 4.79 Å². The van der Waals surface area contributed by atoms with E-state index in [4.69, 9.17) is 0 Å². The van der Waals surface area contributed by atoms with Crippen LogP contribution in [0.5, 0.6) is 0 Å². The average Bonchev–Trinajstić information content (AvgIpc) is 2.48. The number of nitrogens with one attached hydrogen (secondary N) is 1. The summed E-state index contributed by atoms with van der Waals surface area (Å²) in [5, 5.41) is 3.03. The Hall–Kier alpha value is -1.04. The van der Waals surface area contributed by atoms with Gasteiger partial charge in [-0.05, 0) is 31.3 Å². The van der Waals surface area contributed by atoms with Gasteiger partial charge in [0, 0.05) is 44.3 Å². The van der Waals surface area contributed by atoms with Crippen LogP contribution in [0.1, 0.15) is 6.92 Å². The van der Waals surface area contributed by atoms with E-state index < -0.39 is 0 Å². The first-order valence-electron chi connectivity index (χ1n) is 7.05. The second-order valence-corrected chi connectivity index (χ2v) is 5.25. The zero-order valence-corrected chi connectivity index (χ0v) is 14.6. The monoisotopic (exact) mass is 351 g/mol. The lowest BCUT2D eigenvalue weighted by molar-refractivity contribution is -0.135. The first-order chi connectivity index (χ1) is 9.61. The molecular formula is C15H24Cl2FN3O. The number of halogens is 3. The SMILES string of the molecule is CNCC(C)C(=O)N1CCN(c2ccc(F)cc2)CC1.Cl.Cl. The van der Waals surface area contributed by atoms with E-state index >= 15 is 0 Å². The van der Waals surface area contributed by atoms with E-state index in [0.717, 1.165) is 31.9 Å². The van der Waals surface area contributed by atoms with Crippen LogP contribution < -0.4 is 10.2 Å². The van der Waals surface area contributed by atoms with E-state index in [0.29, 0.717) is 6.54 Å². The average molecular weight is 352 g/mol. The number of amides is 1. The van der Waals surface area contributed by atoms with Gasteiger partial charge >= 0.3 is 0 Å². The Balaban J connectivity index is 0.00000220. The molecule has 1 aliphatic heterocycles. The van der Waals surface area contributed by atoms with Crippen molar-refractivity contribution in [3.05, 3.63) is 30.1 Å². The van der Waals surface area contributed by atoms with E-state index in [2.05, 4.69) is 10.2 Å². The van der Waals surface area contributed by atoms with Crippen LogP contribution in [0.3, 0.4) is 0 Å². The van der Waals surface area contributed by atoms with Crippen LogP contribution in [0, 0.1) is 11.7 Å². The minimum absolute atomic E-state index is 0. The van der Waals surface area contributed by atoms with Crippen LogP contribution in [0.2, 0.25) is 0 Å². The number of rotatable bonds is 4. The zero-order valence-electron chi connectivity index (χ0n) is 12.9. The molecule has 0 radical (unpaired) electrons. The summed E-state index contributed by atoms with van der Waals surface area (Å²) in [5.41, 5.74) is 1.02. The molecule has 1 unspecified atom stereocenters. The maximum absolute atomic E-state index is 12.9. The zero-order chi connectivity index (χ0) is 14.5. The highest BCUT2D eigenvalue weighted by Gasteiger charge is 2.24. The molecule has 1 saturated heterocycles. The first kappa shape index (κ1) is 21.0. The standard InChI is InChI=1S/C15H22FN3O.2ClH/c1-12(11-17-2)15(20)19-9-7-18(8-10-19)14-5-3-13(16)4-6-14;;/h3-6,12,17H,7-11H2,1-2H3;2*1H. The molecule has 1 N–H and O–H groups in total. The minimum Gasteiger partial charge on any atom is -0.368 e. The van der Waals surface area contributed by atoms with Crippen molar-refractivity contribution < 1.29 is 9.18 Å². The first-order valence-corrected chi connectivity index (χ1v) is 7.05. The second-order valence-electron chi connectivity index (χ2n) is 5.25. The fraction of sp³-hybridized carbons (Fsp3) is 0.533. The second kappa shape index (κ2) is 9.87. The molecule has 0 saturated carbocycles. The van der Waals surface area contributed by atoms with Gasteiger partial charge in [-0.2, -0.15) is 0 Å². The van der Waals surface area contributed by atoms with Gasteiger partial charge in [0.2, 0.25) is 5.91 Å². The van der Waals surface area contributed by atoms with E-state index in [-0.39, 0.29) is 42.5 Å². The van der Waals surface area contributed by atoms with Crippen molar-refractivity contribution in [1.82, 2.24) is 10.2 Å². The van der Waals surface area contributed by atoms with Crippen molar-refractivity contribution in [1.29, 1.82) is 0 Å². The lowest BCUT2D eigenvalue weighted by atomic mass is 10.1. The number of anilines is 1. The van der Waals surface area contributed by atoms with Gasteiger partial charge in [-0.15, -0.1) is 24.8 Å². The Morgan fingerprint density at radius 3 is 2.23 bits per heavy atom. The summed E-state index contributed by atoms with van der Waals surface area (Å²) < 4.78 is 12.9. The number of nitrogens with zero attached hydrogens (tertiary/aromatic N) is 2. The van der Waals surface area contributed by atoms with E-state index in [1.165, 1.54) is 12.1 Å². The summed E-state index contributed by atoms with van der Waals surface area (Å²) in [6.45, 7) is 5.70. The predicted molar refractivity (Wildman–Crippen MR) is 92.8 cm³/mol. The van der Waals surface area contributed by atoms with Crippen LogP contribution in [0.15, 0.2) is 24.3 Å². The Kier molecular flexibility index (Phi) is 9.41. The fourth-order valence-electron chi connectivity index (χ4n) is 2.54. The molecule has 126 valence electrons. The van der Waals surface area contributed by atoms with E-state index in [9.17, 15) is 9.18 Å². The molecule has 1 fully saturated rings. The van der Waals surface area contributed by atoms with Crippen LogP contribution >= 0.6 is 24.8 Å². The maximum Gasteiger partial charge on any atom is 0.226 e. The van der Waals surface area contributed by atoms with E-state index in [1.807, 2.05) is 18.9 Å². The van der Waals surface area contributed by atoms with Crippen LogP contribution in [-0.4, -0.2) is 50.6 Å². The highest BCUT2D eigenvalue weighted by Crippen LogP contribution is 2.17. The van der Waals surface area contributed by atoms with Gasteiger partial charge in [-0.25, -0.2) is 4.39 Å². The maximum atomic E-state index is 12.9. The summed E-state index contributed by atoms with van der Waals surface area (Å²) >= 11 is 0. The van der Waals surface area contributed by atoms with E-state index in [1.54, 1.807) is 12.1 Å². The number of carbonyl (C=O) groups excluding carboxylic acids is 1. The number of piperazine rings is 1. The molecule has 7 heteroatoms. The van der Waals surface area contributed by atoms with Gasteiger partial charge < -0.3 is 15.1 Å². The largest absolute Gasteiger partial charge is 0.368 e. The number of hydrogen-bond donors (Lipinski definition) is 1. The highest BCUT2D eigenvalue weighted by atomic mass is 35.5.